The molecule has 4 heterocycles. The first-order valence-electron chi connectivity index (χ1n) is 45.4. The molecule has 0 aliphatic heterocycles. The van der Waals surface area contributed by atoms with Gasteiger partial charge in [0.15, 0.2) is 23.1 Å². The molecule has 8 aromatic carbocycles. The molecule has 4 aromatic heterocycles. The summed E-state index contributed by atoms with van der Waals surface area (Å²) in [5.41, 5.74) is 7.58. The number of fused-ring (bicyclic) bond motifs is 4. The van der Waals surface area contributed by atoms with Gasteiger partial charge in [0, 0.05) is 141 Å². The van der Waals surface area contributed by atoms with Crippen molar-refractivity contribution in [2.45, 2.75) is 193 Å². The first kappa shape index (κ1) is 108. The lowest BCUT2D eigenvalue weighted by molar-refractivity contribution is -0.130. The maximum atomic E-state index is 13.5. The zero-order valence-corrected chi connectivity index (χ0v) is 83.1. The van der Waals surface area contributed by atoms with Crippen molar-refractivity contribution in [1.29, 1.82) is 0 Å². The van der Waals surface area contributed by atoms with Gasteiger partial charge in [-0.2, -0.15) is 0 Å². The Kier molecular flexibility index (Phi) is 45.2. The highest BCUT2D eigenvalue weighted by Gasteiger charge is 2.32. The third-order valence-electron chi connectivity index (χ3n) is 22.4. The fourth-order valence-corrected chi connectivity index (χ4v) is 20.5. The summed E-state index contributed by atoms with van der Waals surface area (Å²) in [6.07, 6.45) is 14.3. The summed E-state index contributed by atoms with van der Waals surface area (Å²) >= 11 is 30.3. The fraction of sp³-hybridized carbons (Fsp3) is 0.327. The third-order valence-corrected chi connectivity index (χ3v) is 27.5. The van der Waals surface area contributed by atoms with E-state index in [1.54, 1.807) is 38.2 Å². The minimum atomic E-state index is -0.593. The minimum absolute atomic E-state index is 0.0331. The number of carbonyl (C=O) groups excluding carboxylic acids is 12. The van der Waals surface area contributed by atoms with Crippen molar-refractivity contribution in [2.24, 2.45) is 23.7 Å². The molecule has 0 bridgehead atoms. The van der Waals surface area contributed by atoms with E-state index < -0.39 is 23.7 Å². The summed E-state index contributed by atoms with van der Waals surface area (Å²) in [6, 6.07) is 60.3. The van der Waals surface area contributed by atoms with Gasteiger partial charge in [-0.05, 0) is 184 Å². The maximum absolute atomic E-state index is 13.5. The van der Waals surface area contributed by atoms with Crippen LogP contribution in [0.4, 0.5) is 0 Å². The largest absolute Gasteiger partial charge is 0.359 e. The number of carbonyl (C=O) groups is 12. The lowest BCUT2D eigenvalue weighted by atomic mass is 9.94. The molecular weight excluding hydrogens is 1870 g/mol. The van der Waals surface area contributed by atoms with Crippen LogP contribution in [0.15, 0.2) is 245 Å². The zero-order chi connectivity index (χ0) is 98.0. The number of amides is 5. The highest BCUT2D eigenvalue weighted by atomic mass is 35.5. The quantitative estimate of drug-likeness (QED) is 0.0221. The van der Waals surface area contributed by atoms with Crippen molar-refractivity contribution in [2.75, 3.05) is 7.05 Å². The molecule has 0 aliphatic carbocycles. The molecular formula is C107H115Cl4N9O12S4. The number of rotatable bonds is 51. The minimum Gasteiger partial charge on any atom is -0.359 e. The van der Waals surface area contributed by atoms with Crippen LogP contribution >= 0.6 is 91.8 Å². The molecule has 136 heavy (non-hydrogen) atoms. The summed E-state index contributed by atoms with van der Waals surface area (Å²) < 4.78 is 3.79. The monoisotopic (exact) mass is 1990 g/mol. The fourth-order valence-electron chi connectivity index (χ4n) is 15.2. The summed E-state index contributed by atoms with van der Waals surface area (Å²) in [4.78, 5) is 168. The average Bonchev–Trinajstić information content (AvgIpc) is 1.69. The maximum Gasteiger partial charge on any atom is 0.224 e. The van der Waals surface area contributed by atoms with E-state index in [0.717, 1.165) is 89.6 Å². The van der Waals surface area contributed by atoms with Crippen LogP contribution in [-0.4, -0.2) is 121 Å². The molecule has 29 heteroatoms. The van der Waals surface area contributed by atoms with E-state index in [4.69, 9.17) is 46.4 Å². The van der Waals surface area contributed by atoms with Crippen LogP contribution in [0, 0.1) is 23.7 Å². The number of ketones is 7. The van der Waals surface area contributed by atoms with Crippen LogP contribution in [-0.2, 0) is 109 Å². The number of nitrogens with one attached hydrogen (secondary N) is 5. The van der Waals surface area contributed by atoms with Gasteiger partial charge >= 0.3 is 0 Å². The van der Waals surface area contributed by atoms with Crippen LogP contribution in [0.5, 0.6) is 0 Å². The topological polar surface area (TPSA) is 317 Å². The second kappa shape index (κ2) is 56.9. The van der Waals surface area contributed by atoms with E-state index in [1.807, 2.05) is 177 Å². The molecule has 8 atom stereocenters. The number of thiazole rings is 4. The van der Waals surface area contributed by atoms with Gasteiger partial charge in [0.2, 0.25) is 29.5 Å². The van der Waals surface area contributed by atoms with E-state index in [2.05, 4.69) is 72.8 Å². The average molecular weight is 1990 g/mol. The number of benzene rings is 8. The summed E-state index contributed by atoms with van der Waals surface area (Å²) in [6.45, 7) is 19.4. The highest BCUT2D eigenvalue weighted by Crippen LogP contribution is 2.34. The summed E-state index contributed by atoms with van der Waals surface area (Å²) in [5, 5.41) is 20.7. The molecule has 5 N–H and O–H groups in total. The van der Waals surface area contributed by atoms with E-state index >= 15 is 0 Å². The second-order valence-corrected chi connectivity index (χ2v) is 39.5. The van der Waals surface area contributed by atoms with Gasteiger partial charge < -0.3 is 31.4 Å². The van der Waals surface area contributed by atoms with Gasteiger partial charge in [0.25, 0.3) is 0 Å². The van der Waals surface area contributed by atoms with Crippen LogP contribution in [0.25, 0.3) is 40.9 Å². The molecule has 0 saturated heterocycles. The highest BCUT2D eigenvalue weighted by molar-refractivity contribution is 7.19. The summed E-state index contributed by atoms with van der Waals surface area (Å²) in [7, 11) is 1.55. The Morgan fingerprint density at radius 1 is 0.331 bits per heavy atom. The molecule has 0 aliphatic rings. The Balaban J connectivity index is 0.000000203. The Hall–Kier alpha value is -11.5. The van der Waals surface area contributed by atoms with Crippen LogP contribution in [0.2, 0.25) is 20.1 Å². The number of halogens is 4. The predicted molar refractivity (Wildman–Crippen MR) is 552 cm³/mol. The molecule has 0 spiro atoms. The van der Waals surface area contributed by atoms with E-state index in [-0.39, 0.29) is 120 Å². The Morgan fingerprint density at radius 2 is 0.581 bits per heavy atom. The SMILES string of the molecule is C=CC(=O)CC[C@H](Cc1ccccc1)NC(=O)[C@@H](CC(=O)CC)Cc1nc2ccc(Cl)cc2s1.C=CC(=O)CC[C@H](Cc1ccccc1)NC(=O)[C@@H](CC(=O)CCC)Cc1nc2ccc(Cl)cc2s1.C=CC(=O)CC[C@H](Cc1ccccc1)NC(=O)[C@@H](CC(=O)NC)Cc1nc2ccc(Cl)cc2s1.C=CC(=O)CC[C@H](Cc1ccccc1)NC(=O)[C@@H](CC(C)=O)Cc1nc2ccc(Cl)cc2s1. The summed E-state index contributed by atoms with van der Waals surface area (Å²) in [5.74, 6) is -3.40. The van der Waals surface area contributed by atoms with E-state index in [9.17, 15) is 57.5 Å². The van der Waals surface area contributed by atoms with Crippen molar-refractivity contribution in [1.82, 2.24) is 46.5 Å². The van der Waals surface area contributed by atoms with Gasteiger partial charge in [-0.1, -0.05) is 208 Å². The number of hydrogen-bond acceptors (Lipinski definition) is 20. The lowest BCUT2D eigenvalue weighted by Gasteiger charge is -2.22. The Bertz CT molecular complexity index is 5920. The van der Waals surface area contributed by atoms with Gasteiger partial charge in [0.1, 0.15) is 17.3 Å². The molecule has 0 fully saturated rings. The van der Waals surface area contributed by atoms with E-state index in [0.29, 0.717) is 136 Å². The molecule has 712 valence electrons. The molecule has 5 amide bonds. The number of hydrogen-bond donors (Lipinski definition) is 5. The number of nitrogens with zero attached hydrogens (tertiary/aromatic N) is 4. The third kappa shape index (κ3) is 37.5. The van der Waals surface area contributed by atoms with Crippen molar-refractivity contribution in [3.63, 3.8) is 0 Å². The van der Waals surface area contributed by atoms with Crippen molar-refractivity contribution in [3.8, 4) is 0 Å². The molecule has 0 radical (unpaired) electrons. The number of Topliss-reactive ketones (excluding diaryl/α,β-unsaturated/α-hetero) is 3. The van der Waals surface area contributed by atoms with Crippen LogP contribution < -0.4 is 26.6 Å². The molecule has 0 unspecified atom stereocenters. The van der Waals surface area contributed by atoms with Crippen molar-refractivity contribution < 1.29 is 57.5 Å². The predicted octanol–water partition coefficient (Wildman–Crippen LogP) is 21.7. The van der Waals surface area contributed by atoms with Crippen LogP contribution in [0.1, 0.15) is 159 Å². The first-order chi connectivity index (χ1) is 65.4. The normalized spacial score (nSPS) is 12.7. The smallest absolute Gasteiger partial charge is 0.224 e. The van der Waals surface area contributed by atoms with Crippen molar-refractivity contribution in [3.05, 3.63) is 307 Å². The molecule has 12 aromatic rings. The van der Waals surface area contributed by atoms with E-state index in [1.165, 1.54) is 76.6 Å². The Labute approximate surface area is 830 Å². The van der Waals surface area contributed by atoms with Gasteiger partial charge in [0.05, 0.1) is 84.6 Å². The van der Waals surface area contributed by atoms with Gasteiger partial charge in [-0.25, -0.2) is 19.9 Å². The standard InChI is InChI=1S/C28H31ClN2O3S.C27H29ClN2O3S.C26H28ClN3O3S.C26H27ClN2O3S/c1-3-8-24(33)16-20(17-27-31-25-14-11-21(29)18-26(25)35-27)28(34)30-22(12-13-23(32)4-2)15-19-9-6-5-7-10-19;1-3-22(31)12-11-21(14-18-8-6-5-7-9-18)29-27(33)19(15-23(32)4-2)16-26-30-24-13-10-20(28)17-25(24)34-26;1-3-21(31)11-10-20(13-17-7-5-4-6-8-17)29-26(33)18(14-24(32)28-2)15-25-30-22-12-9-19(27)16-23(22)34-25;1-3-22(31)11-10-21(14-18-7-5-4-6-8-18)28-26(32)19(13-17(2)30)15-25-29-23-12-9-20(27)16-24(23)33-25/h4-7,9-11,14,18,20,22H,2-3,8,12-13,15-17H2,1H3,(H,30,34);3,5-10,13,17,19,21H,1,4,11-12,14-16H2,2H3,(H,29,33);3-9,12,16,18,20H,1,10-11,13-15H2,2H3,(H,28,32)(H,29,33);3-9,12,16,19,21H,1,10-11,13-15H2,2H3,(H,28,32)/t20-,22+;19-,21+;18-,20+;19-,21+/m0000/s1. The zero-order valence-electron chi connectivity index (χ0n) is 76.8. The molecule has 12 rings (SSSR count). The van der Waals surface area contributed by atoms with Gasteiger partial charge in [-0.15, -0.1) is 45.3 Å². The molecule has 21 nitrogen and oxygen atoms in total. The first-order valence-corrected chi connectivity index (χ1v) is 50.2. The lowest BCUT2D eigenvalue weighted by Crippen LogP contribution is -2.42. The van der Waals surface area contributed by atoms with Gasteiger partial charge in [-0.3, -0.25) is 52.7 Å². The number of aromatic nitrogens is 4. The molecule has 0 saturated carbocycles. The van der Waals surface area contributed by atoms with Crippen LogP contribution in [0.3, 0.4) is 0 Å². The van der Waals surface area contributed by atoms with Crippen molar-refractivity contribution >= 4 is 203 Å². The Morgan fingerprint density at radius 3 is 0.816 bits per heavy atom. The number of allylic oxidation sites excluding steroid dienone is 4. The second-order valence-electron chi connectivity index (χ2n) is 33.3.